The minimum Gasteiger partial charge on any atom is -0.481 e. The molecule has 2 aliphatic rings. The first kappa shape index (κ1) is 10.9. The number of hydrogen-bond donors (Lipinski definition) is 1. The van der Waals surface area contributed by atoms with E-state index >= 15 is 0 Å². The molecule has 2 aliphatic heterocycles. The first-order valence-corrected chi connectivity index (χ1v) is 5.93. The summed E-state index contributed by atoms with van der Waals surface area (Å²) in [5.41, 5.74) is 0. The minimum atomic E-state index is -0.626. The van der Waals surface area contributed by atoms with E-state index < -0.39 is 5.97 Å². The SMILES string of the molecule is O=C(O)C1CCN(CCN2CCCC2)C1. The van der Waals surface area contributed by atoms with Gasteiger partial charge < -0.3 is 14.9 Å². The third-order valence-electron chi connectivity index (χ3n) is 3.55. The zero-order valence-corrected chi connectivity index (χ0v) is 9.19. The molecule has 1 atom stereocenters. The lowest BCUT2D eigenvalue weighted by Crippen LogP contribution is -2.33. The average molecular weight is 212 g/mol. The lowest BCUT2D eigenvalue weighted by atomic mass is 10.1. The summed E-state index contributed by atoms with van der Waals surface area (Å²) in [7, 11) is 0. The Morgan fingerprint density at radius 2 is 1.80 bits per heavy atom. The summed E-state index contributed by atoms with van der Waals surface area (Å²) in [6.07, 6.45) is 3.49. The monoisotopic (exact) mass is 212 g/mol. The Morgan fingerprint density at radius 1 is 1.13 bits per heavy atom. The summed E-state index contributed by atoms with van der Waals surface area (Å²) in [6, 6.07) is 0. The normalized spacial score (nSPS) is 28.7. The fraction of sp³-hybridized carbons (Fsp3) is 0.909. The highest BCUT2D eigenvalue weighted by atomic mass is 16.4. The van der Waals surface area contributed by atoms with Gasteiger partial charge in [-0.2, -0.15) is 0 Å². The smallest absolute Gasteiger partial charge is 0.307 e. The molecule has 2 saturated heterocycles. The van der Waals surface area contributed by atoms with Crippen molar-refractivity contribution in [3.8, 4) is 0 Å². The molecule has 0 radical (unpaired) electrons. The van der Waals surface area contributed by atoms with Gasteiger partial charge in [-0.25, -0.2) is 0 Å². The molecule has 0 saturated carbocycles. The molecular formula is C11H20N2O2. The van der Waals surface area contributed by atoms with E-state index in [-0.39, 0.29) is 5.92 Å². The summed E-state index contributed by atoms with van der Waals surface area (Å²) >= 11 is 0. The van der Waals surface area contributed by atoms with Crippen LogP contribution < -0.4 is 0 Å². The van der Waals surface area contributed by atoms with Crippen LogP contribution in [0.1, 0.15) is 19.3 Å². The molecule has 2 fully saturated rings. The predicted molar refractivity (Wildman–Crippen MR) is 57.9 cm³/mol. The second-order valence-electron chi connectivity index (χ2n) is 4.67. The third kappa shape index (κ3) is 2.92. The Bertz CT molecular complexity index is 227. The van der Waals surface area contributed by atoms with Gasteiger partial charge in [-0.15, -0.1) is 0 Å². The van der Waals surface area contributed by atoms with Gasteiger partial charge in [0.2, 0.25) is 0 Å². The van der Waals surface area contributed by atoms with E-state index in [0.717, 1.165) is 32.6 Å². The predicted octanol–water partition coefficient (Wildman–Crippen LogP) is 0.489. The van der Waals surface area contributed by atoms with E-state index in [1.807, 2.05) is 0 Å². The van der Waals surface area contributed by atoms with Crippen molar-refractivity contribution < 1.29 is 9.90 Å². The third-order valence-corrected chi connectivity index (χ3v) is 3.55. The summed E-state index contributed by atoms with van der Waals surface area (Å²) in [5, 5.41) is 8.87. The number of carboxylic acids is 1. The van der Waals surface area contributed by atoms with Crippen LogP contribution in [0.5, 0.6) is 0 Å². The van der Waals surface area contributed by atoms with Crippen molar-refractivity contribution >= 4 is 5.97 Å². The van der Waals surface area contributed by atoms with Gasteiger partial charge in [-0.3, -0.25) is 4.79 Å². The maximum absolute atomic E-state index is 10.8. The van der Waals surface area contributed by atoms with Crippen LogP contribution in [0.15, 0.2) is 0 Å². The van der Waals surface area contributed by atoms with Gasteiger partial charge in [-0.05, 0) is 38.9 Å². The van der Waals surface area contributed by atoms with Gasteiger partial charge in [0.1, 0.15) is 0 Å². The fourth-order valence-electron chi connectivity index (χ4n) is 2.53. The Hall–Kier alpha value is -0.610. The Labute approximate surface area is 90.9 Å². The standard InChI is InChI=1S/C11H20N2O2/c14-11(15)10-3-6-13(9-10)8-7-12-4-1-2-5-12/h10H,1-9H2,(H,14,15). The zero-order valence-electron chi connectivity index (χ0n) is 9.19. The van der Waals surface area contributed by atoms with Crippen molar-refractivity contribution in [2.75, 3.05) is 39.3 Å². The molecule has 4 nitrogen and oxygen atoms in total. The van der Waals surface area contributed by atoms with Gasteiger partial charge in [0.05, 0.1) is 5.92 Å². The number of carbonyl (C=O) groups is 1. The summed E-state index contributed by atoms with van der Waals surface area (Å²) in [6.45, 7) is 6.34. The number of likely N-dealkylation sites (tertiary alicyclic amines) is 2. The van der Waals surface area contributed by atoms with Crippen LogP contribution in [0.3, 0.4) is 0 Å². The highest BCUT2D eigenvalue weighted by molar-refractivity contribution is 5.70. The molecule has 0 aromatic heterocycles. The molecule has 1 unspecified atom stereocenters. The van der Waals surface area contributed by atoms with Crippen LogP contribution >= 0.6 is 0 Å². The summed E-state index contributed by atoms with van der Waals surface area (Å²) in [4.78, 5) is 15.5. The van der Waals surface area contributed by atoms with E-state index in [2.05, 4.69) is 9.80 Å². The summed E-state index contributed by atoms with van der Waals surface area (Å²) < 4.78 is 0. The van der Waals surface area contributed by atoms with Crippen molar-refractivity contribution in [3.05, 3.63) is 0 Å². The first-order valence-electron chi connectivity index (χ1n) is 5.93. The van der Waals surface area contributed by atoms with E-state index in [1.165, 1.54) is 25.9 Å². The molecule has 15 heavy (non-hydrogen) atoms. The topological polar surface area (TPSA) is 43.8 Å². The Balaban J connectivity index is 1.66. The molecule has 86 valence electrons. The molecule has 0 aliphatic carbocycles. The van der Waals surface area contributed by atoms with E-state index in [0.29, 0.717) is 0 Å². The maximum Gasteiger partial charge on any atom is 0.307 e. The van der Waals surface area contributed by atoms with Gasteiger partial charge >= 0.3 is 5.97 Å². The maximum atomic E-state index is 10.8. The van der Waals surface area contributed by atoms with Crippen LogP contribution in [-0.2, 0) is 4.79 Å². The van der Waals surface area contributed by atoms with Gasteiger partial charge in [-0.1, -0.05) is 0 Å². The highest BCUT2D eigenvalue weighted by Gasteiger charge is 2.27. The molecule has 0 spiro atoms. The molecule has 0 aromatic carbocycles. The fourth-order valence-corrected chi connectivity index (χ4v) is 2.53. The second-order valence-corrected chi connectivity index (χ2v) is 4.67. The van der Waals surface area contributed by atoms with Crippen molar-refractivity contribution in [2.24, 2.45) is 5.92 Å². The molecule has 1 N–H and O–H groups in total. The van der Waals surface area contributed by atoms with Gasteiger partial charge in [0, 0.05) is 19.6 Å². The molecular weight excluding hydrogens is 192 g/mol. The Morgan fingerprint density at radius 3 is 2.40 bits per heavy atom. The van der Waals surface area contributed by atoms with Gasteiger partial charge in [0.25, 0.3) is 0 Å². The first-order chi connectivity index (χ1) is 7.25. The molecule has 0 bridgehead atoms. The molecule has 2 rings (SSSR count). The highest BCUT2D eigenvalue weighted by Crippen LogP contribution is 2.16. The number of carboxylic acid groups (broad SMARTS) is 1. The molecule has 4 heteroatoms. The molecule has 0 amide bonds. The van der Waals surface area contributed by atoms with Crippen molar-refractivity contribution in [1.29, 1.82) is 0 Å². The largest absolute Gasteiger partial charge is 0.481 e. The van der Waals surface area contributed by atoms with Crippen LogP contribution in [0.2, 0.25) is 0 Å². The zero-order chi connectivity index (χ0) is 10.7. The van der Waals surface area contributed by atoms with Crippen LogP contribution in [0.25, 0.3) is 0 Å². The van der Waals surface area contributed by atoms with Crippen LogP contribution in [-0.4, -0.2) is 60.1 Å². The van der Waals surface area contributed by atoms with Crippen LogP contribution in [0, 0.1) is 5.92 Å². The molecule has 0 aromatic rings. The second kappa shape index (κ2) is 4.94. The lowest BCUT2D eigenvalue weighted by Gasteiger charge is -2.20. The van der Waals surface area contributed by atoms with E-state index in [9.17, 15) is 4.79 Å². The van der Waals surface area contributed by atoms with Crippen LogP contribution in [0.4, 0.5) is 0 Å². The van der Waals surface area contributed by atoms with Gasteiger partial charge in [0.15, 0.2) is 0 Å². The summed E-state index contributed by atoms with van der Waals surface area (Å²) in [5.74, 6) is -0.748. The average Bonchev–Trinajstić information content (AvgIpc) is 2.86. The van der Waals surface area contributed by atoms with Crippen molar-refractivity contribution in [2.45, 2.75) is 19.3 Å². The van der Waals surface area contributed by atoms with E-state index in [1.54, 1.807) is 0 Å². The minimum absolute atomic E-state index is 0.122. The molecule has 2 heterocycles. The quantitative estimate of drug-likeness (QED) is 0.736. The Kier molecular flexibility index (Phi) is 3.59. The number of aliphatic carboxylic acids is 1. The van der Waals surface area contributed by atoms with Crippen molar-refractivity contribution in [1.82, 2.24) is 9.80 Å². The van der Waals surface area contributed by atoms with E-state index in [4.69, 9.17) is 5.11 Å². The van der Waals surface area contributed by atoms with Crippen molar-refractivity contribution in [3.63, 3.8) is 0 Å². The number of rotatable bonds is 4. The number of nitrogens with zero attached hydrogens (tertiary/aromatic N) is 2. The lowest BCUT2D eigenvalue weighted by molar-refractivity contribution is -0.141. The number of hydrogen-bond acceptors (Lipinski definition) is 3.